The van der Waals surface area contributed by atoms with Gasteiger partial charge in [0.05, 0.1) is 6.42 Å². The minimum atomic E-state index is -0.338. The molecule has 0 amide bonds. The molecule has 1 fully saturated rings. The summed E-state index contributed by atoms with van der Waals surface area (Å²) in [5.74, 6) is 0.000153. The molecule has 0 aromatic carbocycles. The maximum Gasteiger partial charge on any atom is 0.306 e. The zero-order valence-corrected chi connectivity index (χ0v) is 8.78. The Balaban J connectivity index is 2.49. The third-order valence-electron chi connectivity index (χ3n) is 2.47. The Morgan fingerprint density at radius 3 is 2.79 bits per heavy atom. The van der Waals surface area contributed by atoms with E-state index in [1.165, 1.54) is 6.92 Å². The molecule has 14 heavy (non-hydrogen) atoms. The highest BCUT2D eigenvalue weighted by atomic mass is 16.6. The van der Waals surface area contributed by atoms with Crippen LogP contribution in [0.15, 0.2) is 0 Å². The van der Waals surface area contributed by atoms with Crippen LogP contribution in [-0.4, -0.2) is 24.6 Å². The van der Waals surface area contributed by atoms with Gasteiger partial charge in [0.15, 0.2) is 0 Å². The van der Waals surface area contributed by atoms with Crippen LogP contribution in [-0.2, 0) is 19.1 Å². The lowest BCUT2D eigenvalue weighted by Gasteiger charge is -2.19. The minimum Gasteiger partial charge on any atom is -0.462 e. The van der Waals surface area contributed by atoms with Gasteiger partial charge in [0, 0.05) is 12.8 Å². The first-order chi connectivity index (χ1) is 6.50. The van der Waals surface area contributed by atoms with E-state index in [2.05, 4.69) is 0 Å². The van der Waals surface area contributed by atoms with Gasteiger partial charge < -0.3 is 9.47 Å². The van der Waals surface area contributed by atoms with Gasteiger partial charge in [0.2, 0.25) is 0 Å². The Hall–Kier alpha value is -1.06. The topological polar surface area (TPSA) is 52.6 Å². The molecule has 0 N–H and O–H groups in total. The fourth-order valence-corrected chi connectivity index (χ4v) is 1.65. The summed E-state index contributed by atoms with van der Waals surface area (Å²) in [4.78, 5) is 21.6. The van der Waals surface area contributed by atoms with Crippen LogP contribution in [0.4, 0.5) is 0 Å². The third-order valence-corrected chi connectivity index (χ3v) is 2.47. The van der Waals surface area contributed by atoms with E-state index in [9.17, 15) is 9.59 Å². The van der Waals surface area contributed by atoms with E-state index in [0.717, 1.165) is 0 Å². The van der Waals surface area contributed by atoms with Crippen LogP contribution in [0.3, 0.4) is 0 Å². The molecule has 1 rings (SSSR count). The maximum atomic E-state index is 11.1. The molecule has 0 bridgehead atoms. The largest absolute Gasteiger partial charge is 0.462 e. The van der Waals surface area contributed by atoms with Crippen molar-refractivity contribution in [1.82, 2.24) is 0 Å². The van der Waals surface area contributed by atoms with Crippen LogP contribution >= 0.6 is 0 Å². The Kier molecular flexibility index (Phi) is 3.49. The molecule has 0 aromatic heterocycles. The number of ether oxygens (including phenoxy) is 2. The van der Waals surface area contributed by atoms with Crippen molar-refractivity contribution in [3.05, 3.63) is 0 Å². The summed E-state index contributed by atoms with van der Waals surface area (Å²) in [6.45, 7) is 5.60. The first-order valence-corrected chi connectivity index (χ1v) is 4.83. The number of hydrogen-bond acceptors (Lipinski definition) is 4. The third kappa shape index (κ3) is 2.72. The van der Waals surface area contributed by atoms with Crippen molar-refractivity contribution in [2.24, 2.45) is 11.8 Å². The van der Waals surface area contributed by atoms with Crippen molar-refractivity contribution in [1.29, 1.82) is 0 Å². The van der Waals surface area contributed by atoms with Gasteiger partial charge in [-0.3, -0.25) is 9.59 Å². The second kappa shape index (κ2) is 4.44. The summed E-state index contributed by atoms with van der Waals surface area (Å²) in [5, 5.41) is 0. The van der Waals surface area contributed by atoms with Crippen LogP contribution in [0, 0.1) is 11.8 Å². The molecule has 0 aromatic rings. The highest BCUT2D eigenvalue weighted by Gasteiger charge is 2.37. The molecule has 0 aliphatic carbocycles. The molecule has 4 heteroatoms. The van der Waals surface area contributed by atoms with Crippen molar-refractivity contribution < 1.29 is 19.1 Å². The van der Waals surface area contributed by atoms with Crippen LogP contribution in [0.1, 0.15) is 27.2 Å². The second-order valence-electron chi connectivity index (χ2n) is 3.94. The monoisotopic (exact) mass is 200 g/mol. The quantitative estimate of drug-likeness (QED) is 0.641. The summed E-state index contributed by atoms with van der Waals surface area (Å²) in [7, 11) is 0. The number of carbonyl (C=O) groups is 2. The van der Waals surface area contributed by atoms with Crippen LogP contribution < -0.4 is 0 Å². The fraction of sp³-hybridized carbons (Fsp3) is 0.800. The van der Waals surface area contributed by atoms with Gasteiger partial charge in [-0.2, -0.15) is 0 Å². The lowest BCUT2D eigenvalue weighted by molar-refractivity contribution is -0.152. The summed E-state index contributed by atoms with van der Waals surface area (Å²) in [5.41, 5.74) is 0. The SMILES string of the molecule is CC(=O)OC[C@@H]1OC(=O)C[C@@H]1C(C)C. The number of carbonyl (C=O) groups excluding carboxylic acids is 2. The molecule has 1 aliphatic heterocycles. The van der Waals surface area contributed by atoms with Gasteiger partial charge in [-0.15, -0.1) is 0 Å². The summed E-state index contributed by atoms with van der Waals surface area (Å²) >= 11 is 0. The van der Waals surface area contributed by atoms with E-state index in [1.807, 2.05) is 13.8 Å². The van der Waals surface area contributed by atoms with E-state index >= 15 is 0 Å². The van der Waals surface area contributed by atoms with Crippen LogP contribution in [0.2, 0.25) is 0 Å². The summed E-state index contributed by atoms with van der Waals surface area (Å²) in [6.07, 6.45) is 0.176. The molecular formula is C10H16O4. The molecule has 1 aliphatic rings. The Morgan fingerprint density at radius 1 is 1.64 bits per heavy atom. The second-order valence-corrected chi connectivity index (χ2v) is 3.94. The van der Waals surface area contributed by atoms with Crippen molar-refractivity contribution in [2.75, 3.05) is 6.61 Å². The smallest absolute Gasteiger partial charge is 0.306 e. The highest BCUT2D eigenvalue weighted by Crippen LogP contribution is 2.28. The van der Waals surface area contributed by atoms with E-state index in [1.54, 1.807) is 0 Å². The van der Waals surface area contributed by atoms with E-state index in [-0.39, 0.29) is 30.6 Å². The molecule has 1 heterocycles. The number of hydrogen-bond donors (Lipinski definition) is 0. The molecule has 4 nitrogen and oxygen atoms in total. The normalized spacial score (nSPS) is 26.4. The molecule has 0 radical (unpaired) electrons. The summed E-state index contributed by atoms with van der Waals surface area (Å²) in [6, 6.07) is 0. The lowest BCUT2D eigenvalue weighted by atomic mass is 9.90. The van der Waals surface area contributed by atoms with E-state index in [4.69, 9.17) is 9.47 Å². The van der Waals surface area contributed by atoms with Crippen molar-refractivity contribution in [2.45, 2.75) is 33.3 Å². The predicted octanol–water partition coefficient (Wildman–Crippen LogP) is 1.14. The van der Waals surface area contributed by atoms with Gasteiger partial charge in [-0.05, 0) is 5.92 Å². The van der Waals surface area contributed by atoms with Crippen LogP contribution in [0.25, 0.3) is 0 Å². The van der Waals surface area contributed by atoms with Crippen LogP contribution in [0.5, 0.6) is 0 Å². The van der Waals surface area contributed by atoms with Crippen molar-refractivity contribution >= 4 is 11.9 Å². The molecule has 80 valence electrons. The Bertz CT molecular complexity index is 234. The standard InChI is InChI=1S/C10H16O4/c1-6(2)8-4-10(12)14-9(8)5-13-7(3)11/h6,8-9H,4-5H2,1-3H3/t8-,9+/m1/s1. The summed E-state index contributed by atoms with van der Waals surface area (Å²) < 4.78 is 9.91. The van der Waals surface area contributed by atoms with Crippen molar-refractivity contribution in [3.8, 4) is 0 Å². The highest BCUT2D eigenvalue weighted by molar-refractivity contribution is 5.72. The number of rotatable bonds is 3. The first-order valence-electron chi connectivity index (χ1n) is 4.83. The van der Waals surface area contributed by atoms with E-state index < -0.39 is 0 Å². The first kappa shape index (κ1) is 11.0. The Morgan fingerprint density at radius 2 is 2.29 bits per heavy atom. The zero-order valence-electron chi connectivity index (χ0n) is 8.78. The van der Waals surface area contributed by atoms with Crippen molar-refractivity contribution in [3.63, 3.8) is 0 Å². The van der Waals surface area contributed by atoms with E-state index in [0.29, 0.717) is 12.3 Å². The lowest BCUT2D eigenvalue weighted by Crippen LogP contribution is -2.27. The fourth-order valence-electron chi connectivity index (χ4n) is 1.65. The average molecular weight is 200 g/mol. The minimum absolute atomic E-state index is 0.168. The number of cyclic esters (lactones) is 1. The maximum absolute atomic E-state index is 11.1. The Labute approximate surface area is 83.6 Å². The van der Waals surface area contributed by atoms with Gasteiger partial charge in [-0.1, -0.05) is 13.8 Å². The molecule has 1 saturated heterocycles. The predicted molar refractivity (Wildman–Crippen MR) is 49.5 cm³/mol. The molecule has 0 unspecified atom stereocenters. The molecule has 0 saturated carbocycles. The van der Waals surface area contributed by atoms with Gasteiger partial charge in [0.1, 0.15) is 12.7 Å². The van der Waals surface area contributed by atoms with Gasteiger partial charge >= 0.3 is 11.9 Å². The van der Waals surface area contributed by atoms with Gasteiger partial charge in [0.25, 0.3) is 0 Å². The zero-order chi connectivity index (χ0) is 10.7. The number of esters is 2. The molecule has 2 atom stereocenters. The molecular weight excluding hydrogens is 184 g/mol. The average Bonchev–Trinajstić information content (AvgIpc) is 2.43. The van der Waals surface area contributed by atoms with Gasteiger partial charge in [-0.25, -0.2) is 0 Å². The molecule has 0 spiro atoms.